The Morgan fingerprint density at radius 1 is 1.10 bits per heavy atom. The maximum Gasteiger partial charge on any atom is 0.338 e. The quantitative estimate of drug-likeness (QED) is 0.750. The van der Waals surface area contributed by atoms with E-state index in [0.29, 0.717) is 34.7 Å². The third-order valence-corrected chi connectivity index (χ3v) is 3.02. The van der Waals surface area contributed by atoms with Crippen molar-refractivity contribution in [2.24, 2.45) is 0 Å². The molecule has 0 aromatic heterocycles. The Morgan fingerprint density at radius 3 is 1.90 bits per heavy atom. The molecule has 0 fully saturated rings. The van der Waals surface area contributed by atoms with Gasteiger partial charge >= 0.3 is 5.97 Å². The molecule has 0 heterocycles. The van der Waals surface area contributed by atoms with Gasteiger partial charge in [-0.05, 0) is 62.7 Å². The van der Waals surface area contributed by atoms with Crippen molar-refractivity contribution < 1.29 is 19.0 Å². The van der Waals surface area contributed by atoms with Crippen molar-refractivity contribution in [3.8, 4) is 11.5 Å². The fraction of sp³-hybridized carbons (Fsp3) is 0.533. The molecular weight excluding hydrogens is 324 g/mol. The van der Waals surface area contributed by atoms with Gasteiger partial charge in [0.2, 0.25) is 0 Å². The summed E-state index contributed by atoms with van der Waals surface area (Å²) in [6.45, 7) is 10.3. The van der Waals surface area contributed by atoms with Gasteiger partial charge in [-0.15, -0.1) is 0 Å². The van der Waals surface area contributed by atoms with Gasteiger partial charge in [0.05, 0.1) is 18.8 Å². The second kappa shape index (κ2) is 6.97. The third kappa shape index (κ3) is 4.71. The van der Waals surface area contributed by atoms with Gasteiger partial charge in [-0.1, -0.05) is 0 Å². The van der Waals surface area contributed by atoms with Gasteiger partial charge in [0.15, 0.2) is 0 Å². The molecule has 0 aliphatic rings. The molecule has 0 spiro atoms. The van der Waals surface area contributed by atoms with Gasteiger partial charge in [0.25, 0.3) is 0 Å². The third-order valence-electron chi connectivity index (χ3n) is 2.24. The highest BCUT2D eigenvalue weighted by Gasteiger charge is 2.21. The monoisotopic (exact) mass is 344 g/mol. The van der Waals surface area contributed by atoms with Crippen molar-refractivity contribution in [1.29, 1.82) is 0 Å². The molecule has 0 N–H and O–H groups in total. The Hall–Kier alpha value is -1.23. The van der Waals surface area contributed by atoms with Crippen molar-refractivity contribution in [2.45, 2.75) is 40.2 Å². The molecule has 5 heteroatoms. The van der Waals surface area contributed by atoms with Gasteiger partial charge in [0.1, 0.15) is 21.6 Å². The van der Waals surface area contributed by atoms with Crippen LogP contribution in [0, 0.1) is 0 Å². The molecule has 0 atom stereocenters. The number of hydrogen-bond acceptors (Lipinski definition) is 4. The van der Waals surface area contributed by atoms with Crippen molar-refractivity contribution in [2.75, 3.05) is 13.2 Å². The van der Waals surface area contributed by atoms with E-state index in [1.165, 1.54) is 0 Å². The van der Waals surface area contributed by atoms with E-state index < -0.39 is 11.6 Å². The molecule has 0 radical (unpaired) electrons. The lowest BCUT2D eigenvalue weighted by Crippen LogP contribution is -2.24. The van der Waals surface area contributed by atoms with E-state index in [9.17, 15) is 4.79 Å². The summed E-state index contributed by atoms with van der Waals surface area (Å²) in [4.78, 5) is 12.1. The molecule has 0 aliphatic carbocycles. The predicted molar refractivity (Wildman–Crippen MR) is 81.6 cm³/mol. The smallest absolute Gasteiger partial charge is 0.338 e. The van der Waals surface area contributed by atoms with E-state index in [4.69, 9.17) is 14.2 Å². The van der Waals surface area contributed by atoms with Crippen LogP contribution in [0.15, 0.2) is 16.6 Å². The molecule has 0 aliphatic heterocycles. The van der Waals surface area contributed by atoms with Crippen molar-refractivity contribution >= 4 is 21.9 Å². The van der Waals surface area contributed by atoms with Gasteiger partial charge < -0.3 is 14.2 Å². The van der Waals surface area contributed by atoms with Crippen LogP contribution in [-0.4, -0.2) is 24.8 Å². The first-order valence-corrected chi connectivity index (χ1v) is 7.40. The van der Waals surface area contributed by atoms with Crippen LogP contribution in [0.3, 0.4) is 0 Å². The summed E-state index contributed by atoms with van der Waals surface area (Å²) < 4.78 is 17.1. The lowest BCUT2D eigenvalue weighted by molar-refractivity contribution is 0.00686. The molecule has 20 heavy (non-hydrogen) atoms. The number of benzene rings is 1. The largest absolute Gasteiger partial charge is 0.493 e. The van der Waals surface area contributed by atoms with Gasteiger partial charge in [-0.3, -0.25) is 0 Å². The lowest BCUT2D eigenvalue weighted by Gasteiger charge is -2.20. The van der Waals surface area contributed by atoms with Crippen molar-refractivity contribution in [1.82, 2.24) is 0 Å². The fourth-order valence-corrected chi connectivity index (χ4v) is 2.01. The number of rotatable bonds is 5. The number of ether oxygens (including phenoxy) is 3. The number of halogens is 1. The molecule has 1 rings (SSSR count). The van der Waals surface area contributed by atoms with E-state index in [1.807, 2.05) is 34.6 Å². The Morgan fingerprint density at radius 2 is 1.55 bits per heavy atom. The zero-order valence-corrected chi connectivity index (χ0v) is 14.2. The second-order valence-corrected chi connectivity index (χ2v) is 5.95. The standard InChI is InChI=1S/C15H21BrO4/c1-6-18-11-8-10(14(17)20-15(3,4)5)9-12(13(11)16)19-7-2/h8-9H,6-7H2,1-5H3. The van der Waals surface area contributed by atoms with Crippen LogP contribution in [0.5, 0.6) is 11.5 Å². The van der Waals surface area contributed by atoms with Gasteiger partial charge in [0, 0.05) is 0 Å². The number of esters is 1. The maximum atomic E-state index is 12.1. The Balaban J connectivity index is 3.16. The Kier molecular flexibility index (Phi) is 5.87. The highest BCUT2D eigenvalue weighted by Crippen LogP contribution is 2.36. The zero-order chi connectivity index (χ0) is 15.3. The number of carbonyl (C=O) groups is 1. The summed E-state index contributed by atoms with van der Waals surface area (Å²) in [7, 11) is 0. The molecular formula is C15H21BrO4. The maximum absolute atomic E-state index is 12.1. The average Bonchev–Trinajstić information content (AvgIpc) is 2.32. The summed E-state index contributed by atoms with van der Waals surface area (Å²) in [5.41, 5.74) is -0.128. The van der Waals surface area contributed by atoms with Gasteiger partial charge in [-0.2, -0.15) is 0 Å². The zero-order valence-electron chi connectivity index (χ0n) is 12.6. The molecule has 0 unspecified atom stereocenters. The normalized spacial score (nSPS) is 11.1. The first-order valence-electron chi connectivity index (χ1n) is 6.61. The number of hydrogen-bond donors (Lipinski definition) is 0. The van der Waals surface area contributed by atoms with E-state index >= 15 is 0 Å². The first kappa shape index (κ1) is 16.8. The summed E-state index contributed by atoms with van der Waals surface area (Å²) in [5, 5.41) is 0. The average molecular weight is 345 g/mol. The van der Waals surface area contributed by atoms with Crippen LogP contribution in [0.1, 0.15) is 45.0 Å². The van der Waals surface area contributed by atoms with E-state index in [1.54, 1.807) is 12.1 Å². The summed E-state index contributed by atoms with van der Waals surface area (Å²) in [6.07, 6.45) is 0. The molecule has 112 valence electrons. The summed E-state index contributed by atoms with van der Waals surface area (Å²) >= 11 is 3.43. The van der Waals surface area contributed by atoms with Crippen LogP contribution >= 0.6 is 15.9 Å². The fourth-order valence-electron chi connectivity index (χ4n) is 1.55. The van der Waals surface area contributed by atoms with E-state index in [2.05, 4.69) is 15.9 Å². The highest BCUT2D eigenvalue weighted by atomic mass is 79.9. The molecule has 0 saturated carbocycles. The minimum atomic E-state index is -0.540. The first-order chi connectivity index (χ1) is 9.28. The highest BCUT2D eigenvalue weighted by molar-refractivity contribution is 9.10. The molecule has 1 aromatic carbocycles. The van der Waals surface area contributed by atoms with Crippen molar-refractivity contribution in [3.05, 3.63) is 22.2 Å². The predicted octanol–water partition coefficient (Wildman–Crippen LogP) is 4.20. The summed E-state index contributed by atoms with van der Waals surface area (Å²) in [6, 6.07) is 3.31. The molecule has 0 bridgehead atoms. The van der Waals surface area contributed by atoms with Crippen molar-refractivity contribution in [3.63, 3.8) is 0 Å². The van der Waals surface area contributed by atoms with E-state index in [-0.39, 0.29) is 0 Å². The topological polar surface area (TPSA) is 44.8 Å². The minimum absolute atomic E-state index is 0.396. The number of carbonyl (C=O) groups excluding carboxylic acids is 1. The van der Waals surface area contributed by atoms with Crippen LogP contribution < -0.4 is 9.47 Å². The molecule has 4 nitrogen and oxygen atoms in total. The second-order valence-electron chi connectivity index (χ2n) is 5.15. The SMILES string of the molecule is CCOc1cc(C(=O)OC(C)(C)C)cc(OCC)c1Br. The van der Waals surface area contributed by atoms with Crippen LogP contribution in [-0.2, 0) is 4.74 Å². The van der Waals surface area contributed by atoms with Crippen LogP contribution in [0.4, 0.5) is 0 Å². The lowest BCUT2D eigenvalue weighted by atomic mass is 10.1. The van der Waals surface area contributed by atoms with Crippen LogP contribution in [0.25, 0.3) is 0 Å². The summed E-state index contributed by atoms with van der Waals surface area (Å²) in [5.74, 6) is 0.741. The Labute approximate surface area is 128 Å². The molecule has 0 amide bonds. The van der Waals surface area contributed by atoms with Gasteiger partial charge in [-0.25, -0.2) is 4.79 Å². The molecule has 0 saturated heterocycles. The Bertz CT molecular complexity index is 450. The molecule has 1 aromatic rings. The van der Waals surface area contributed by atoms with Crippen LogP contribution in [0.2, 0.25) is 0 Å². The minimum Gasteiger partial charge on any atom is -0.493 e. The van der Waals surface area contributed by atoms with E-state index in [0.717, 1.165) is 0 Å².